The number of fused-ring (bicyclic) bond motifs is 1. The van der Waals surface area contributed by atoms with E-state index >= 15 is 0 Å². The van der Waals surface area contributed by atoms with Crippen LogP contribution in [-0.4, -0.2) is 48.8 Å². The minimum absolute atomic E-state index is 0.0205. The number of rotatable bonds is 5. The normalized spacial score (nSPS) is 29.6. The highest BCUT2D eigenvalue weighted by molar-refractivity contribution is 7.91. The van der Waals surface area contributed by atoms with Crippen LogP contribution in [0.4, 0.5) is 10.1 Å². The maximum Gasteiger partial charge on any atom is 0.334 e. The Morgan fingerprint density at radius 1 is 1.36 bits per heavy atom. The number of nitrogens with one attached hydrogen (secondary N) is 1. The molecule has 3 N–H and O–H groups in total. The maximum atomic E-state index is 14.2. The molecular weight excluding hydrogens is 313 g/mol. The standard InChI is InChI=1S/C14H16FNO5S/c15-11-3-7(16-4-12(17)14(18)19)1-2-8(11)13-9-5-22(20,21)6-10(9)13/h1-3,9-10,12-13,16-17H,4-6H2,(H,18,19)/t9-,10+,12-,13?/m1/s1. The van der Waals surface area contributed by atoms with Crippen molar-refractivity contribution in [2.75, 3.05) is 23.4 Å². The van der Waals surface area contributed by atoms with Crippen LogP contribution >= 0.6 is 0 Å². The Hall–Kier alpha value is -1.67. The van der Waals surface area contributed by atoms with Gasteiger partial charge >= 0.3 is 5.97 Å². The average Bonchev–Trinajstić information content (AvgIpc) is 2.93. The Bertz CT molecular complexity index is 702. The first-order chi connectivity index (χ1) is 10.3. The van der Waals surface area contributed by atoms with Gasteiger partial charge in [0.2, 0.25) is 0 Å². The van der Waals surface area contributed by atoms with E-state index in [2.05, 4.69) is 5.32 Å². The summed E-state index contributed by atoms with van der Waals surface area (Å²) in [6.07, 6.45) is -1.56. The Labute approximate surface area is 126 Å². The van der Waals surface area contributed by atoms with Gasteiger partial charge in [0, 0.05) is 5.69 Å². The fraction of sp³-hybridized carbons (Fsp3) is 0.500. The van der Waals surface area contributed by atoms with Crippen LogP contribution in [0, 0.1) is 17.7 Å². The van der Waals surface area contributed by atoms with Gasteiger partial charge in [0.15, 0.2) is 15.9 Å². The number of aliphatic hydroxyl groups excluding tert-OH is 1. The Morgan fingerprint density at radius 2 is 2.00 bits per heavy atom. The molecule has 1 heterocycles. The molecule has 1 saturated heterocycles. The first-order valence-corrected chi connectivity index (χ1v) is 8.75. The van der Waals surface area contributed by atoms with Gasteiger partial charge in [-0.1, -0.05) is 6.07 Å². The molecule has 0 bridgehead atoms. The largest absolute Gasteiger partial charge is 0.479 e. The van der Waals surface area contributed by atoms with Crippen LogP contribution < -0.4 is 5.32 Å². The van der Waals surface area contributed by atoms with Gasteiger partial charge in [0.05, 0.1) is 18.1 Å². The minimum Gasteiger partial charge on any atom is -0.479 e. The van der Waals surface area contributed by atoms with Crippen LogP contribution in [0.5, 0.6) is 0 Å². The summed E-state index contributed by atoms with van der Waals surface area (Å²) in [4.78, 5) is 10.5. The molecule has 3 rings (SSSR count). The van der Waals surface area contributed by atoms with Gasteiger partial charge in [-0.15, -0.1) is 0 Å². The summed E-state index contributed by atoms with van der Waals surface area (Å²) in [7, 11) is -2.95. The fourth-order valence-electron chi connectivity index (χ4n) is 3.22. The Balaban J connectivity index is 1.66. The lowest BCUT2D eigenvalue weighted by molar-refractivity contribution is -0.145. The summed E-state index contributed by atoms with van der Waals surface area (Å²) in [5, 5.41) is 20.4. The molecule has 1 saturated carbocycles. The van der Waals surface area contributed by atoms with Gasteiger partial charge in [0.1, 0.15) is 5.82 Å². The molecule has 1 unspecified atom stereocenters. The van der Waals surface area contributed by atoms with Crippen LogP contribution in [0.25, 0.3) is 0 Å². The Morgan fingerprint density at radius 3 is 2.55 bits per heavy atom. The summed E-state index contributed by atoms with van der Waals surface area (Å²) in [6, 6.07) is 4.45. The molecule has 8 heteroatoms. The van der Waals surface area contributed by atoms with E-state index in [4.69, 9.17) is 10.2 Å². The number of aliphatic carboxylic acids is 1. The van der Waals surface area contributed by atoms with E-state index in [0.717, 1.165) is 0 Å². The summed E-state index contributed by atoms with van der Waals surface area (Å²) in [5.74, 6) is -1.52. The summed E-state index contributed by atoms with van der Waals surface area (Å²) in [5.41, 5.74) is 0.884. The number of hydrogen-bond donors (Lipinski definition) is 3. The van der Waals surface area contributed by atoms with Crippen molar-refractivity contribution in [3.05, 3.63) is 29.6 Å². The van der Waals surface area contributed by atoms with Crippen LogP contribution in [0.15, 0.2) is 18.2 Å². The molecule has 0 aromatic heterocycles. The van der Waals surface area contributed by atoms with Crippen LogP contribution in [0.3, 0.4) is 0 Å². The molecule has 0 spiro atoms. The lowest BCUT2D eigenvalue weighted by Crippen LogP contribution is -2.28. The molecule has 6 nitrogen and oxygen atoms in total. The fourth-order valence-corrected chi connectivity index (χ4v) is 5.44. The molecule has 1 aromatic carbocycles. The van der Waals surface area contributed by atoms with Gasteiger partial charge in [-0.3, -0.25) is 0 Å². The molecule has 22 heavy (non-hydrogen) atoms. The number of hydrogen-bond acceptors (Lipinski definition) is 5. The number of aliphatic hydroxyl groups is 1. The number of carboxylic acid groups (broad SMARTS) is 1. The van der Waals surface area contributed by atoms with Crippen molar-refractivity contribution in [2.24, 2.45) is 11.8 Å². The second-order valence-electron chi connectivity index (χ2n) is 5.90. The molecule has 1 aliphatic heterocycles. The van der Waals surface area contributed by atoms with Crippen molar-refractivity contribution >= 4 is 21.5 Å². The second-order valence-corrected chi connectivity index (χ2v) is 8.06. The third-order valence-electron chi connectivity index (χ3n) is 4.37. The zero-order chi connectivity index (χ0) is 16.1. The van der Waals surface area contributed by atoms with Crippen molar-refractivity contribution in [1.29, 1.82) is 0 Å². The van der Waals surface area contributed by atoms with Gasteiger partial charge < -0.3 is 15.5 Å². The molecular formula is C14H16FNO5S. The van der Waals surface area contributed by atoms with Gasteiger partial charge in [-0.25, -0.2) is 17.6 Å². The highest BCUT2D eigenvalue weighted by atomic mass is 32.2. The maximum absolute atomic E-state index is 14.2. The number of benzene rings is 1. The molecule has 1 aliphatic carbocycles. The zero-order valence-electron chi connectivity index (χ0n) is 11.6. The number of sulfone groups is 1. The second kappa shape index (κ2) is 5.20. The topological polar surface area (TPSA) is 104 Å². The van der Waals surface area contributed by atoms with Crippen molar-refractivity contribution in [2.45, 2.75) is 12.0 Å². The first-order valence-electron chi connectivity index (χ1n) is 6.93. The quantitative estimate of drug-likeness (QED) is 0.724. The number of anilines is 1. The van der Waals surface area contributed by atoms with E-state index < -0.39 is 27.7 Å². The average molecular weight is 329 g/mol. The zero-order valence-corrected chi connectivity index (χ0v) is 12.4. The molecule has 1 aromatic rings. The number of carboxylic acids is 1. The molecule has 0 amide bonds. The predicted molar refractivity (Wildman–Crippen MR) is 76.9 cm³/mol. The highest BCUT2D eigenvalue weighted by Gasteiger charge is 2.59. The van der Waals surface area contributed by atoms with E-state index in [1.165, 1.54) is 6.07 Å². The van der Waals surface area contributed by atoms with Crippen molar-refractivity contribution in [3.8, 4) is 0 Å². The lowest BCUT2D eigenvalue weighted by atomic mass is 10.1. The van der Waals surface area contributed by atoms with Crippen LogP contribution in [0.1, 0.15) is 11.5 Å². The van der Waals surface area contributed by atoms with E-state index in [9.17, 15) is 17.6 Å². The number of halogens is 1. The van der Waals surface area contributed by atoms with E-state index in [-0.39, 0.29) is 35.8 Å². The van der Waals surface area contributed by atoms with Crippen LogP contribution in [-0.2, 0) is 14.6 Å². The molecule has 2 aliphatic rings. The van der Waals surface area contributed by atoms with E-state index in [1.807, 2.05) is 0 Å². The third-order valence-corrected chi connectivity index (χ3v) is 6.15. The third kappa shape index (κ3) is 2.80. The van der Waals surface area contributed by atoms with E-state index in [1.54, 1.807) is 12.1 Å². The summed E-state index contributed by atoms with van der Waals surface area (Å²) in [6.45, 7) is -0.221. The lowest BCUT2D eigenvalue weighted by Gasteiger charge is -2.11. The first kappa shape index (κ1) is 15.2. The molecule has 2 fully saturated rings. The summed E-state index contributed by atoms with van der Waals surface area (Å²) < 4.78 is 37.0. The monoisotopic (exact) mass is 329 g/mol. The predicted octanol–water partition coefficient (Wildman–Crippen LogP) is 0.441. The van der Waals surface area contributed by atoms with Crippen molar-refractivity contribution in [3.63, 3.8) is 0 Å². The smallest absolute Gasteiger partial charge is 0.334 e. The highest BCUT2D eigenvalue weighted by Crippen LogP contribution is 2.59. The van der Waals surface area contributed by atoms with Crippen LogP contribution in [0.2, 0.25) is 0 Å². The molecule has 120 valence electrons. The van der Waals surface area contributed by atoms with Gasteiger partial charge in [-0.05, 0) is 35.4 Å². The molecule has 0 radical (unpaired) electrons. The van der Waals surface area contributed by atoms with Crippen molar-refractivity contribution in [1.82, 2.24) is 0 Å². The molecule has 4 atom stereocenters. The van der Waals surface area contributed by atoms with E-state index in [0.29, 0.717) is 11.3 Å². The van der Waals surface area contributed by atoms with Crippen molar-refractivity contribution < 1.29 is 27.8 Å². The minimum atomic E-state index is -2.95. The SMILES string of the molecule is O=C(O)[C@H](O)CNc1ccc(C2[C@H]3CS(=O)(=O)C[C@@H]23)c(F)c1. The summed E-state index contributed by atoms with van der Waals surface area (Å²) >= 11 is 0. The van der Waals surface area contributed by atoms with Gasteiger partial charge in [-0.2, -0.15) is 0 Å². The van der Waals surface area contributed by atoms with Gasteiger partial charge in [0.25, 0.3) is 0 Å². The Kier molecular flexibility index (Phi) is 3.60. The number of carbonyl (C=O) groups is 1.